The van der Waals surface area contributed by atoms with Gasteiger partial charge in [0.15, 0.2) is 18.7 Å². The van der Waals surface area contributed by atoms with Crippen molar-refractivity contribution in [3.63, 3.8) is 0 Å². The molecule has 80 heavy (non-hydrogen) atoms. The summed E-state index contributed by atoms with van der Waals surface area (Å²) in [6.45, 7) is 13.3. The summed E-state index contributed by atoms with van der Waals surface area (Å²) in [6.07, 6.45) is -8.54. The molecule has 3 saturated heterocycles. The Balaban J connectivity index is 1.04. The first-order valence-corrected chi connectivity index (χ1v) is 29.8. The molecule has 3 aliphatic heterocycles. The molecule has 7 fully saturated rings. The van der Waals surface area contributed by atoms with E-state index in [0.29, 0.717) is 44.9 Å². The van der Waals surface area contributed by atoms with E-state index in [2.05, 4.69) is 46.0 Å². The molecule has 8 rings (SSSR count). The van der Waals surface area contributed by atoms with E-state index in [0.717, 1.165) is 63.2 Å². The second kappa shape index (κ2) is 24.7. The number of carbonyl (C=O) groups excluding carboxylic acids is 3. The summed E-state index contributed by atoms with van der Waals surface area (Å²) in [7, 11) is 0. The largest absolute Gasteiger partial charge is 0.481 e. The quantitative estimate of drug-likeness (QED) is 0.0361. The summed E-state index contributed by atoms with van der Waals surface area (Å²) >= 11 is 0. The topological polar surface area (TPSA) is 338 Å². The van der Waals surface area contributed by atoms with Crippen LogP contribution in [0.15, 0.2) is 11.6 Å². The number of hydrogen-bond acceptors (Lipinski definition) is 19. The number of hydrogen-bond donors (Lipinski definition) is 11. The van der Waals surface area contributed by atoms with Crippen molar-refractivity contribution in [3.05, 3.63) is 11.6 Å². The number of amides is 1. The zero-order chi connectivity index (χ0) is 58.5. The number of esters is 1. The van der Waals surface area contributed by atoms with Crippen molar-refractivity contribution >= 4 is 24.1 Å². The Kier molecular flexibility index (Phi) is 19.5. The average Bonchev–Trinajstić information content (AvgIpc) is 3.42. The minimum atomic E-state index is -1.95. The van der Waals surface area contributed by atoms with Crippen molar-refractivity contribution < 1.29 is 98.7 Å². The molecule has 3 heterocycles. The molecule has 4 saturated carbocycles. The molecule has 0 aromatic carbocycles. The van der Waals surface area contributed by atoms with Crippen LogP contribution >= 0.6 is 0 Å². The second-order valence-electron chi connectivity index (χ2n) is 27.1. The summed E-state index contributed by atoms with van der Waals surface area (Å²) in [4.78, 5) is 52.9. The number of aliphatic carboxylic acids is 1. The van der Waals surface area contributed by atoms with E-state index in [1.54, 1.807) is 0 Å². The van der Waals surface area contributed by atoms with Crippen molar-refractivity contribution in [1.82, 2.24) is 5.32 Å². The first kappa shape index (κ1) is 63.3. The molecular weight excluding hydrogens is 1040 g/mol. The Morgan fingerprint density at radius 3 is 1.99 bits per heavy atom. The van der Waals surface area contributed by atoms with Crippen molar-refractivity contribution in [1.29, 1.82) is 0 Å². The van der Waals surface area contributed by atoms with E-state index in [9.17, 15) is 60.3 Å². The molecule has 0 aromatic heterocycles. The molecule has 456 valence electrons. The van der Waals surface area contributed by atoms with Crippen molar-refractivity contribution in [3.8, 4) is 0 Å². The molecule has 1 amide bonds. The molecule has 5 aliphatic carbocycles. The van der Waals surface area contributed by atoms with Crippen LogP contribution in [-0.2, 0) is 47.6 Å². The molecular formula is C59H95NO20. The average molecular weight is 1140 g/mol. The highest BCUT2D eigenvalue weighted by molar-refractivity contribution is 5.80. The van der Waals surface area contributed by atoms with Gasteiger partial charge in [0.25, 0.3) is 0 Å². The van der Waals surface area contributed by atoms with Crippen LogP contribution in [0.25, 0.3) is 0 Å². The molecule has 0 spiro atoms. The number of carboxylic acids is 1. The number of carbonyl (C=O) groups is 4. The fourth-order valence-electron chi connectivity index (χ4n) is 16.7. The Morgan fingerprint density at radius 2 is 1.34 bits per heavy atom. The lowest BCUT2D eigenvalue weighted by atomic mass is 9.33. The number of allylic oxidation sites excluding steroid dienone is 2. The lowest BCUT2D eigenvalue weighted by Gasteiger charge is -2.71. The van der Waals surface area contributed by atoms with Crippen LogP contribution < -0.4 is 5.32 Å². The van der Waals surface area contributed by atoms with Crippen molar-refractivity contribution in [2.45, 2.75) is 269 Å². The van der Waals surface area contributed by atoms with E-state index < -0.39 is 151 Å². The first-order chi connectivity index (χ1) is 37.6. The Hall–Kier alpha value is -2.74. The summed E-state index contributed by atoms with van der Waals surface area (Å²) in [6, 6.07) is -1.36. The highest BCUT2D eigenvalue weighted by Gasteiger charge is 2.72. The highest BCUT2D eigenvalue weighted by Crippen LogP contribution is 2.76. The van der Waals surface area contributed by atoms with Gasteiger partial charge >= 0.3 is 11.9 Å². The minimum Gasteiger partial charge on any atom is -0.481 e. The van der Waals surface area contributed by atoms with Crippen LogP contribution in [0.1, 0.15) is 170 Å². The van der Waals surface area contributed by atoms with Gasteiger partial charge in [-0.05, 0) is 117 Å². The molecule has 21 nitrogen and oxygen atoms in total. The van der Waals surface area contributed by atoms with Gasteiger partial charge in [-0.15, -0.1) is 0 Å². The predicted molar refractivity (Wildman–Crippen MR) is 284 cm³/mol. The lowest BCUT2D eigenvalue weighted by Crippen LogP contribution is -2.69. The van der Waals surface area contributed by atoms with Gasteiger partial charge in [-0.3, -0.25) is 14.4 Å². The number of ether oxygens (including phenoxy) is 6. The van der Waals surface area contributed by atoms with Crippen LogP contribution in [-0.4, -0.2) is 187 Å². The highest BCUT2D eigenvalue weighted by atomic mass is 16.8. The van der Waals surface area contributed by atoms with Gasteiger partial charge in [-0.25, -0.2) is 0 Å². The lowest BCUT2D eigenvalue weighted by molar-refractivity contribution is -0.370. The van der Waals surface area contributed by atoms with E-state index in [4.69, 9.17) is 33.5 Å². The normalized spacial score (nSPS) is 47.0. The number of aliphatic hydroxyl groups excluding tert-OH is 9. The third-order valence-corrected chi connectivity index (χ3v) is 21.8. The molecule has 0 bridgehead atoms. The van der Waals surface area contributed by atoms with Crippen LogP contribution in [0, 0.1) is 50.2 Å². The Labute approximate surface area is 470 Å². The van der Waals surface area contributed by atoms with Crippen molar-refractivity contribution in [2.24, 2.45) is 50.2 Å². The van der Waals surface area contributed by atoms with Gasteiger partial charge in [-0.1, -0.05) is 91.7 Å². The Morgan fingerprint density at radius 1 is 0.700 bits per heavy atom. The SMILES string of the molecule is C[C@H]1O[C@@H](OC2C(O)C(NC(=O)CCCCCCCCCCC(=O)O)[C@@H](CO)O[C@H]2OC(=O)C23CCC(C)(C)CC2C2=CCC4C5(C)CCC(O)C(C)(C=O)[C@H]5CC[C@@]4(C)[C@]2(C)C[C@@H]3O)C(O)C(O)C1O[C@@H]1OC[C@@H](O)C(O)C1O. The van der Waals surface area contributed by atoms with Crippen molar-refractivity contribution in [2.75, 3.05) is 13.2 Å². The number of unbranched alkanes of at least 4 members (excludes halogenated alkanes) is 7. The standard InChI is InChI=1S/C59H95NO20/c1-31-48(78-50-46(72)43(69)34(63)29-75-50)45(71)47(73)51(76-31)79-49-44(70)42(60-40(66)16-14-12-10-8-9-11-13-15-17-41(67)68)35(28-61)77-52(49)80-53(74)59-25-24-54(2,3)26-33(59)32-18-19-37-55(4)22-21-38(64)56(5,30-62)36(55)20-23-57(37,6)58(32,7)27-39(59)65/h18,30-31,33-39,42-52,61,63-65,69-73H,8-17,19-29H2,1-7H3,(H,60,66)(H,67,68)/t31-,33?,34-,35-,36+,37?,38?,39+,42?,43?,44?,45?,46?,47?,48?,49?,50+,51+,52+,55?,56?,57-,58-,59?/m1/s1. The molecule has 14 unspecified atom stereocenters. The zero-order valence-corrected chi connectivity index (χ0v) is 48.0. The maximum Gasteiger partial charge on any atom is 0.317 e. The summed E-state index contributed by atoms with van der Waals surface area (Å²) in [5, 5.41) is 113. The van der Waals surface area contributed by atoms with Crippen LogP contribution in [0.5, 0.6) is 0 Å². The maximum absolute atomic E-state index is 15.7. The monoisotopic (exact) mass is 1140 g/mol. The number of aldehydes is 1. The van der Waals surface area contributed by atoms with Crippen LogP contribution in [0.2, 0.25) is 0 Å². The van der Waals surface area contributed by atoms with Gasteiger partial charge in [0.2, 0.25) is 12.2 Å². The molecule has 21 heteroatoms. The Bertz CT molecular complexity index is 2220. The van der Waals surface area contributed by atoms with E-state index >= 15 is 4.79 Å². The molecule has 24 atom stereocenters. The fourth-order valence-corrected chi connectivity index (χ4v) is 16.7. The minimum absolute atomic E-state index is 0.0471. The molecule has 0 aromatic rings. The van der Waals surface area contributed by atoms with Crippen LogP contribution in [0.4, 0.5) is 0 Å². The number of carboxylic acid groups (broad SMARTS) is 1. The zero-order valence-electron chi connectivity index (χ0n) is 48.0. The molecule has 8 aliphatic rings. The van der Waals surface area contributed by atoms with E-state index in [-0.39, 0.29) is 53.8 Å². The number of nitrogens with one attached hydrogen (secondary N) is 1. The number of rotatable bonds is 20. The third-order valence-electron chi connectivity index (χ3n) is 21.8. The van der Waals surface area contributed by atoms with E-state index in [1.807, 2.05) is 6.92 Å². The van der Waals surface area contributed by atoms with Gasteiger partial charge in [0.05, 0.1) is 43.0 Å². The maximum atomic E-state index is 15.7. The fraction of sp³-hybridized carbons (Fsp3) is 0.898. The molecule has 0 radical (unpaired) electrons. The predicted octanol–water partition coefficient (Wildman–Crippen LogP) is 3.07. The van der Waals surface area contributed by atoms with Crippen LogP contribution in [0.3, 0.4) is 0 Å². The number of aliphatic hydroxyl groups is 9. The summed E-state index contributed by atoms with van der Waals surface area (Å²) in [5.41, 5.74) is -2.89. The number of fused-ring (bicyclic) bond motifs is 7. The summed E-state index contributed by atoms with van der Waals surface area (Å²) in [5.74, 6) is -2.57. The van der Waals surface area contributed by atoms with Gasteiger partial charge in [0.1, 0.15) is 60.5 Å². The smallest absolute Gasteiger partial charge is 0.317 e. The third kappa shape index (κ3) is 11.6. The first-order valence-electron chi connectivity index (χ1n) is 29.8. The molecule has 11 N–H and O–H groups in total. The van der Waals surface area contributed by atoms with Gasteiger partial charge in [-0.2, -0.15) is 0 Å². The van der Waals surface area contributed by atoms with Gasteiger partial charge < -0.3 is 89.6 Å². The van der Waals surface area contributed by atoms with E-state index in [1.165, 1.54) is 6.92 Å². The van der Waals surface area contributed by atoms with Gasteiger partial charge in [0, 0.05) is 12.8 Å². The summed E-state index contributed by atoms with van der Waals surface area (Å²) < 4.78 is 36.4. The second-order valence-corrected chi connectivity index (χ2v) is 27.1.